The zero-order valence-corrected chi connectivity index (χ0v) is 25.5. The Balaban J connectivity index is 1.30. The van der Waals surface area contributed by atoms with Gasteiger partial charge in [0, 0.05) is 39.5 Å². The summed E-state index contributed by atoms with van der Waals surface area (Å²) in [6.07, 6.45) is 2.12. The highest BCUT2D eigenvalue weighted by molar-refractivity contribution is 5.83. The largest absolute Gasteiger partial charge is 0.387 e. The first kappa shape index (κ1) is 31.0. The van der Waals surface area contributed by atoms with Crippen LogP contribution in [0, 0.1) is 0 Å². The van der Waals surface area contributed by atoms with Gasteiger partial charge in [-0.2, -0.15) is 0 Å². The monoisotopic (exact) mass is 566 g/mol. The molecule has 10 nitrogen and oxygen atoms in total. The first-order valence-corrected chi connectivity index (χ1v) is 14.6. The van der Waals surface area contributed by atoms with Crippen LogP contribution in [0.2, 0.25) is 0 Å². The summed E-state index contributed by atoms with van der Waals surface area (Å²) in [5, 5.41) is 21.8. The maximum atomic E-state index is 12.6. The van der Waals surface area contributed by atoms with Crippen molar-refractivity contribution >= 4 is 22.8 Å². The van der Waals surface area contributed by atoms with Crippen LogP contribution in [0.5, 0.6) is 0 Å². The van der Waals surface area contributed by atoms with Crippen LogP contribution in [-0.4, -0.2) is 92.0 Å². The minimum Gasteiger partial charge on any atom is -0.387 e. The van der Waals surface area contributed by atoms with Crippen molar-refractivity contribution in [3.8, 4) is 0 Å². The molecular formula is C31H46N6O4. The van der Waals surface area contributed by atoms with Gasteiger partial charge in [-0.15, -0.1) is 0 Å². The molecule has 0 bridgehead atoms. The summed E-state index contributed by atoms with van der Waals surface area (Å²) in [7, 11) is 3.76. The number of fused-ring (bicyclic) bond motifs is 1. The van der Waals surface area contributed by atoms with Crippen LogP contribution in [0.25, 0.3) is 11.2 Å². The minimum absolute atomic E-state index is 0.0994. The molecule has 1 aliphatic heterocycles. The van der Waals surface area contributed by atoms with Gasteiger partial charge in [0.15, 0.2) is 23.2 Å². The highest BCUT2D eigenvalue weighted by Gasteiger charge is 2.45. The van der Waals surface area contributed by atoms with Gasteiger partial charge < -0.3 is 19.8 Å². The van der Waals surface area contributed by atoms with Crippen LogP contribution in [0.3, 0.4) is 0 Å². The Bertz CT molecular complexity index is 1300. The summed E-state index contributed by atoms with van der Waals surface area (Å²) < 4.78 is 7.88. The Morgan fingerprint density at radius 3 is 2.39 bits per heavy atom. The minimum atomic E-state index is -1.13. The lowest BCUT2D eigenvalue weighted by Gasteiger charge is -2.30. The third-order valence-electron chi connectivity index (χ3n) is 7.89. The highest BCUT2D eigenvalue weighted by atomic mass is 16.6. The first-order chi connectivity index (χ1) is 19.4. The number of unbranched alkanes of at least 4 members (excludes halogenated alkanes) is 1. The molecule has 224 valence electrons. The zero-order valence-electron chi connectivity index (χ0n) is 25.5. The third kappa shape index (κ3) is 7.30. The van der Waals surface area contributed by atoms with E-state index < -0.39 is 24.5 Å². The van der Waals surface area contributed by atoms with E-state index in [2.05, 4.69) is 78.7 Å². The molecule has 2 N–H and O–H groups in total. The molecule has 0 spiro atoms. The topological polar surface area (TPSA) is 117 Å². The van der Waals surface area contributed by atoms with Gasteiger partial charge in [-0.3, -0.25) is 14.3 Å². The number of benzene rings is 1. The number of nitrogens with zero attached hydrogens (tertiary/aromatic N) is 6. The van der Waals surface area contributed by atoms with Gasteiger partial charge in [0.2, 0.25) is 0 Å². The van der Waals surface area contributed by atoms with Crippen LogP contribution in [-0.2, 0) is 21.4 Å². The molecule has 3 aromatic rings. The predicted molar refractivity (Wildman–Crippen MR) is 160 cm³/mol. The lowest BCUT2D eigenvalue weighted by atomic mass is 9.86. The van der Waals surface area contributed by atoms with Gasteiger partial charge in [-0.1, -0.05) is 45.0 Å². The summed E-state index contributed by atoms with van der Waals surface area (Å²) >= 11 is 0. The smallest absolute Gasteiger partial charge is 0.167 e. The number of carbonyl (C=O) groups is 1. The molecule has 41 heavy (non-hydrogen) atoms. The summed E-state index contributed by atoms with van der Waals surface area (Å²) in [4.78, 5) is 29.8. The predicted octanol–water partition coefficient (Wildman–Crippen LogP) is 3.50. The zero-order chi connectivity index (χ0) is 29.9. The standard InChI is InChI=1S/C31H46N6O4/c1-20(2)36(15-9-8-10-23(38)16-21-11-13-22(14-12-21)31(3,4)5)17-24-26(39)27(40)30(41-24)37-19-34-25-28(35(6)7)32-18-33-29(25)37/h11-14,18-20,24,26-27,30,39-40H,8-10,15-17H2,1-7H3/t24-,26-,27-,30-/m1/s1. The molecule has 1 aliphatic rings. The Hall–Kier alpha value is -2.92. The van der Waals surface area contributed by atoms with Gasteiger partial charge in [-0.05, 0) is 49.8 Å². The Morgan fingerprint density at radius 1 is 1.05 bits per heavy atom. The van der Waals surface area contributed by atoms with Crippen molar-refractivity contribution in [3.05, 3.63) is 48.0 Å². The maximum absolute atomic E-state index is 12.6. The number of imidazole rings is 1. The van der Waals surface area contributed by atoms with E-state index in [1.165, 1.54) is 11.9 Å². The van der Waals surface area contributed by atoms with E-state index >= 15 is 0 Å². The van der Waals surface area contributed by atoms with E-state index in [-0.39, 0.29) is 17.2 Å². The fraction of sp³-hybridized carbons (Fsp3) is 0.613. The number of hydrogen-bond acceptors (Lipinski definition) is 9. The molecule has 3 heterocycles. The number of aliphatic hydroxyl groups is 2. The second kappa shape index (κ2) is 12.9. The van der Waals surface area contributed by atoms with Crippen molar-refractivity contribution in [1.82, 2.24) is 24.4 Å². The average Bonchev–Trinajstić information content (AvgIpc) is 3.46. The van der Waals surface area contributed by atoms with Crippen molar-refractivity contribution in [2.45, 2.75) is 96.3 Å². The molecule has 1 aromatic carbocycles. The van der Waals surface area contributed by atoms with Gasteiger partial charge in [0.1, 0.15) is 30.4 Å². The number of aliphatic hydroxyl groups excluding tert-OH is 2. The SMILES string of the molecule is CC(C)N(CCCCC(=O)Cc1ccc(C(C)(C)C)cc1)C[C@H]1O[C@@H](n2cnc3c(N(C)C)ncnc32)[C@H](O)[C@@H]1O. The van der Waals surface area contributed by atoms with Gasteiger partial charge in [-0.25, -0.2) is 15.0 Å². The maximum Gasteiger partial charge on any atom is 0.167 e. The third-order valence-corrected chi connectivity index (χ3v) is 7.89. The Labute approximate surface area is 243 Å². The molecule has 0 saturated carbocycles. The molecule has 1 saturated heterocycles. The molecule has 0 aliphatic carbocycles. The Morgan fingerprint density at radius 2 is 1.76 bits per heavy atom. The van der Waals surface area contributed by atoms with E-state index in [9.17, 15) is 15.0 Å². The molecular weight excluding hydrogens is 520 g/mol. The average molecular weight is 567 g/mol. The van der Waals surface area contributed by atoms with Crippen molar-refractivity contribution in [2.75, 3.05) is 32.1 Å². The summed E-state index contributed by atoms with van der Waals surface area (Å²) in [5.41, 5.74) is 3.57. The highest BCUT2D eigenvalue weighted by Crippen LogP contribution is 2.33. The number of aromatic nitrogens is 4. The summed E-state index contributed by atoms with van der Waals surface area (Å²) in [6, 6.07) is 8.58. The van der Waals surface area contributed by atoms with E-state index in [1.807, 2.05) is 19.0 Å². The van der Waals surface area contributed by atoms with E-state index in [0.717, 1.165) is 24.9 Å². The number of anilines is 1. The number of carbonyl (C=O) groups excluding carboxylic acids is 1. The van der Waals surface area contributed by atoms with Gasteiger partial charge >= 0.3 is 0 Å². The number of ketones is 1. The molecule has 0 unspecified atom stereocenters. The number of ether oxygens (including phenoxy) is 1. The molecule has 4 rings (SSSR count). The second-order valence-electron chi connectivity index (χ2n) is 12.7. The van der Waals surface area contributed by atoms with Gasteiger partial charge in [0.05, 0.1) is 6.33 Å². The molecule has 4 atom stereocenters. The van der Waals surface area contributed by atoms with Crippen molar-refractivity contribution in [2.24, 2.45) is 0 Å². The van der Waals surface area contributed by atoms with E-state index in [0.29, 0.717) is 36.4 Å². The first-order valence-electron chi connectivity index (χ1n) is 14.6. The van der Waals surface area contributed by atoms with Crippen LogP contribution < -0.4 is 4.90 Å². The Kier molecular flexibility index (Phi) is 9.79. The number of Topliss-reactive ketones (excluding diaryl/α,β-unsaturated/α-hetero) is 1. The summed E-state index contributed by atoms with van der Waals surface area (Å²) in [5.74, 6) is 0.917. The molecule has 0 radical (unpaired) electrons. The van der Waals surface area contributed by atoms with Crippen LogP contribution in [0.1, 0.15) is 71.2 Å². The summed E-state index contributed by atoms with van der Waals surface area (Å²) in [6.45, 7) is 12.0. The lowest BCUT2D eigenvalue weighted by Crippen LogP contribution is -2.43. The quantitative estimate of drug-likeness (QED) is 0.318. The van der Waals surface area contributed by atoms with Gasteiger partial charge in [0.25, 0.3) is 0 Å². The fourth-order valence-corrected chi connectivity index (χ4v) is 5.33. The molecule has 2 aromatic heterocycles. The number of rotatable bonds is 12. The van der Waals surface area contributed by atoms with Crippen LogP contribution in [0.15, 0.2) is 36.9 Å². The van der Waals surface area contributed by atoms with Crippen LogP contribution >= 0.6 is 0 Å². The second-order valence-corrected chi connectivity index (χ2v) is 12.7. The molecule has 10 heteroatoms. The van der Waals surface area contributed by atoms with Crippen molar-refractivity contribution in [1.29, 1.82) is 0 Å². The lowest BCUT2D eigenvalue weighted by molar-refractivity contribution is -0.118. The van der Waals surface area contributed by atoms with E-state index in [4.69, 9.17) is 4.74 Å². The van der Waals surface area contributed by atoms with E-state index in [1.54, 1.807) is 10.9 Å². The molecule has 1 fully saturated rings. The van der Waals surface area contributed by atoms with Crippen LogP contribution in [0.4, 0.5) is 5.82 Å². The van der Waals surface area contributed by atoms with Crippen molar-refractivity contribution < 1.29 is 19.7 Å². The normalized spacial score (nSPS) is 21.3. The molecule has 0 amide bonds. The number of hydrogen-bond donors (Lipinski definition) is 2. The fourth-order valence-electron chi connectivity index (χ4n) is 5.33. The van der Waals surface area contributed by atoms with Crippen molar-refractivity contribution in [3.63, 3.8) is 0 Å².